The van der Waals surface area contributed by atoms with E-state index in [0.29, 0.717) is 0 Å². The lowest BCUT2D eigenvalue weighted by molar-refractivity contribution is -0.133. The molecule has 0 heterocycles. The van der Waals surface area contributed by atoms with Crippen molar-refractivity contribution in [3.05, 3.63) is 37.3 Å². The predicted molar refractivity (Wildman–Crippen MR) is 72.5 cm³/mol. The van der Waals surface area contributed by atoms with Crippen molar-refractivity contribution in [3.8, 4) is 0 Å². The van der Waals surface area contributed by atoms with Crippen LogP contribution in [0.5, 0.6) is 0 Å². The molecule has 1 aromatic rings. The molecule has 0 aliphatic carbocycles. The van der Waals surface area contributed by atoms with Crippen LogP contribution in [0.25, 0.3) is 5.57 Å². The lowest BCUT2D eigenvalue weighted by Crippen LogP contribution is -2.04. The van der Waals surface area contributed by atoms with Gasteiger partial charge < -0.3 is 4.74 Å². The summed E-state index contributed by atoms with van der Waals surface area (Å²) >= 11 is 29.4. The summed E-state index contributed by atoms with van der Waals surface area (Å²) in [4.78, 5) is 11.4. The summed E-state index contributed by atoms with van der Waals surface area (Å²) < 4.78 is 4.51. The molecule has 0 unspecified atom stereocenters. The third kappa shape index (κ3) is 2.67. The molecular formula is C10H5Cl5O2. The van der Waals surface area contributed by atoms with Crippen molar-refractivity contribution < 1.29 is 9.53 Å². The van der Waals surface area contributed by atoms with Gasteiger partial charge in [-0.15, -0.1) is 0 Å². The van der Waals surface area contributed by atoms with Gasteiger partial charge in [0, 0.05) is 5.56 Å². The number of benzene rings is 1. The molecular weight excluding hydrogens is 329 g/mol. The van der Waals surface area contributed by atoms with E-state index in [4.69, 9.17) is 58.0 Å². The Morgan fingerprint density at radius 2 is 1.29 bits per heavy atom. The SMILES string of the molecule is C=C(C(=O)OC)c1c(Cl)c(Cl)c(Cl)c(Cl)c1Cl. The van der Waals surface area contributed by atoms with Gasteiger partial charge in [-0.3, -0.25) is 0 Å². The smallest absolute Gasteiger partial charge is 0.337 e. The van der Waals surface area contributed by atoms with Gasteiger partial charge in [-0.1, -0.05) is 64.6 Å². The van der Waals surface area contributed by atoms with Gasteiger partial charge in [0.25, 0.3) is 0 Å². The molecule has 0 saturated carbocycles. The lowest BCUT2D eigenvalue weighted by atomic mass is 10.1. The summed E-state index contributed by atoms with van der Waals surface area (Å²) in [6, 6.07) is 0. The number of rotatable bonds is 2. The highest BCUT2D eigenvalue weighted by Gasteiger charge is 2.24. The van der Waals surface area contributed by atoms with E-state index in [-0.39, 0.29) is 36.2 Å². The summed E-state index contributed by atoms with van der Waals surface area (Å²) in [6.07, 6.45) is 0. The zero-order chi connectivity index (χ0) is 13.3. The first-order valence-electron chi connectivity index (χ1n) is 4.11. The Morgan fingerprint density at radius 1 is 0.941 bits per heavy atom. The largest absolute Gasteiger partial charge is 0.465 e. The van der Waals surface area contributed by atoms with Crippen molar-refractivity contribution in [2.45, 2.75) is 0 Å². The van der Waals surface area contributed by atoms with Crippen LogP contribution in [0.4, 0.5) is 0 Å². The molecule has 17 heavy (non-hydrogen) atoms. The van der Waals surface area contributed by atoms with Crippen LogP contribution < -0.4 is 0 Å². The van der Waals surface area contributed by atoms with E-state index in [1.807, 2.05) is 0 Å². The Labute approximate surface area is 123 Å². The molecule has 92 valence electrons. The van der Waals surface area contributed by atoms with Crippen LogP contribution >= 0.6 is 58.0 Å². The van der Waals surface area contributed by atoms with Gasteiger partial charge in [-0.25, -0.2) is 4.79 Å². The molecule has 0 fully saturated rings. The van der Waals surface area contributed by atoms with E-state index in [2.05, 4.69) is 11.3 Å². The van der Waals surface area contributed by atoms with Gasteiger partial charge in [0.1, 0.15) is 0 Å². The van der Waals surface area contributed by atoms with E-state index >= 15 is 0 Å². The van der Waals surface area contributed by atoms with E-state index in [9.17, 15) is 4.79 Å². The highest BCUT2D eigenvalue weighted by molar-refractivity contribution is 6.56. The Bertz CT molecular complexity index is 481. The van der Waals surface area contributed by atoms with Crippen molar-refractivity contribution in [3.63, 3.8) is 0 Å². The van der Waals surface area contributed by atoms with Crippen LogP contribution in [0.15, 0.2) is 6.58 Å². The van der Waals surface area contributed by atoms with E-state index in [1.165, 1.54) is 7.11 Å². The molecule has 7 heteroatoms. The minimum Gasteiger partial charge on any atom is -0.465 e. The number of hydrogen-bond acceptors (Lipinski definition) is 2. The van der Waals surface area contributed by atoms with Gasteiger partial charge in [0.15, 0.2) is 0 Å². The molecule has 1 rings (SSSR count). The van der Waals surface area contributed by atoms with Gasteiger partial charge in [0.05, 0.1) is 37.8 Å². The maximum absolute atomic E-state index is 11.4. The molecule has 0 aliphatic rings. The minimum atomic E-state index is -0.691. The Balaban J connectivity index is 3.55. The summed E-state index contributed by atoms with van der Waals surface area (Å²) in [5, 5.41) is 0.0262. The summed E-state index contributed by atoms with van der Waals surface area (Å²) in [7, 11) is 1.20. The number of carbonyl (C=O) groups excluding carboxylic acids is 1. The zero-order valence-electron chi connectivity index (χ0n) is 8.41. The van der Waals surface area contributed by atoms with Gasteiger partial charge in [0.2, 0.25) is 0 Å². The van der Waals surface area contributed by atoms with Gasteiger partial charge in [-0.05, 0) is 0 Å². The average molecular weight is 334 g/mol. The predicted octanol–water partition coefficient (Wildman–Crippen LogP) is 5.14. The Hall–Kier alpha value is -0.120. The van der Waals surface area contributed by atoms with Crippen molar-refractivity contribution >= 4 is 69.5 Å². The topological polar surface area (TPSA) is 26.3 Å². The van der Waals surface area contributed by atoms with E-state index < -0.39 is 5.97 Å². The first-order valence-corrected chi connectivity index (χ1v) is 6.00. The van der Waals surface area contributed by atoms with Crippen LogP contribution in [-0.2, 0) is 9.53 Å². The number of carbonyl (C=O) groups is 1. The molecule has 0 spiro atoms. The number of halogens is 5. The monoisotopic (exact) mass is 332 g/mol. The van der Waals surface area contributed by atoms with Crippen LogP contribution in [0.2, 0.25) is 25.1 Å². The third-order valence-electron chi connectivity index (χ3n) is 1.94. The van der Waals surface area contributed by atoms with Crippen molar-refractivity contribution in [2.24, 2.45) is 0 Å². The first-order chi connectivity index (χ1) is 7.82. The molecule has 0 amide bonds. The molecule has 0 saturated heterocycles. The minimum absolute atomic E-state index is 0.00136. The molecule has 0 aromatic heterocycles. The Morgan fingerprint density at radius 3 is 1.65 bits per heavy atom. The van der Waals surface area contributed by atoms with E-state index in [0.717, 1.165) is 0 Å². The molecule has 1 aromatic carbocycles. The maximum Gasteiger partial charge on any atom is 0.337 e. The standard InChI is InChI=1S/C10H5Cl5O2/c1-3(10(16)17-2)4-5(11)7(13)9(15)8(14)6(4)12/h1H2,2H3. The van der Waals surface area contributed by atoms with Gasteiger partial charge >= 0.3 is 5.97 Å². The fourth-order valence-corrected chi connectivity index (χ4v) is 2.46. The summed E-state index contributed by atoms with van der Waals surface area (Å²) in [6.45, 7) is 3.53. The Kier molecular flexibility index (Phi) is 4.99. The van der Waals surface area contributed by atoms with Crippen LogP contribution in [-0.4, -0.2) is 13.1 Å². The second-order valence-corrected chi connectivity index (χ2v) is 4.80. The zero-order valence-corrected chi connectivity index (χ0v) is 12.2. The molecule has 0 aliphatic heterocycles. The molecule has 0 atom stereocenters. The summed E-state index contributed by atoms with van der Waals surface area (Å²) in [5.41, 5.74) is 0.0579. The van der Waals surface area contributed by atoms with Gasteiger partial charge in [-0.2, -0.15) is 0 Å². The molecule has 0 N–H and O–H groups in total. The molecule has 0 bridgehead atoms. The van der Waals surface area contributed by atoms with Crippen molar-refractivity contribution in [1.82, 2.24) is 0 Å². The van der Waals surface area contributed by atoms with Crippen LogP contribution in [0, 0.1) is 0 Å². The number of hydrogen-bond donors (Lipinski definition) is 0. The lowest BCUT2D eigenvalue weighted by Gasteiger charge is -2.13. The number of esters is 1. The first kappa shape index (κ1) is 14.9. The van der Waals surface area contributed by atoms with Crippen LogP contribution in [0.1, 0.15) is 5.56 Å². The summed E-state index contributed by atoms with van der Waals surface area (Å²) in [5.74, 6) is -0.691. The second kappa shape index (κ2) is 5.68. The highest BCUT2D eigenvalue weighted by Crippen LogP contribution is 2.46. The molecule has 2 nitrogen and oxygen atoms in total. The fraction of sp³-hybridized carbons (Fsp3) is 0.100. The van der Waals surface area contributed by atoms with Crippen molar-refractivity contribution in [1.29, 1.82) is 0 Å². The fourth-order valence-electron chi connectivity index (χ4n) is 1.10. The third-order valence-corrected chi connectivity index (χ3v) is 4.22. The van der Waals surface area contributed by atoms with Crippen molar-refractivity contribution in [2.75, 3.05) is 7.11 Å². The number of ether oxygens (including phenoxy) is 1. The average Bonchev–Trinajstić information content (AvgIpc) is 2.32. The number of methoxy groups -OCH3 is 1. The molecule has 0 radical (unpaired) electrons. The quantitative estimate of drug-likeness (QED) is 0.324. The maximum atomic E-state index is 11.4. The van der Waals surface area contributed by atoms with Crippen LogP contribution in [0.3, 0.4) is 0 Å². The van der Waals surface area contributed by atoms with E-state index in [1.54, 1.807) is 0 Å². The second-order valence-electron chi connectivity index (χ2n) is 2.92. The highest BCUT2D eigenvalue weighted by atomic mass is 35.5. The normalized spacial score (nSPS) is 10.2.